The van der Waals surface area contributed by atoms with E-state index < -0.39 is 0 Å². The van der Waals surface area contributed by atoms with E-state index in [-0.39, 0.29) is 17.9 Å². The van der Waals surface area contributed by atoms with Crippen LogP contribution in [0, 0.1) is 5.92 Å². The van der Waals surface area contributed by atoms with Gasteiger partial charge in [0.15, 0.2) is 0 Å². The molecular formula is C8H20ClN. The average molecular weight is 166 g/mol. The molecule has 0 saturated carbocycles. The minimum absolute atomic E-state index is 0. The smallest absolute Gasteiger partial charge is 0.0123 e. The fourth-order valence-corrected chi connectivity index (χ4v) is 0.805. The molecule has 2 heteroatoms. The lowest BCUT2D eigenvalue weighted by Gasteiger charge is -2.26. The molecule has 0 aliphatic rings. The summed E-state index contributed by atoms with van der Waals surface area (Å²) < 4.78 is 0. The largest absolute Gasteiger partial charge is 0.325 e. The van der Waals surface area contributed by atoms with Crippen molar-refractivity contribution in [3.05, 3.63) is 0 Å². The first-order valence-electron chi connectivity index (χ1n) is 3.77. The Hall–Kier alpha value is 0.250. The van der Waals surface area contributed by atoms with Gasteiger partial charge in [-0.15, -0.1) is 12.4 Å². The summed E-state index contributed by atoms with van der Waals surface area (Å²) in [6.07, 6.45) is 2.48. The Labute approximate surface area is 70.8 Å². The maximum Gasteiger partial charge on any atom is 0.0123 e. The lowest BCUT2D eigenvalue weighted by molar-refractivity contribution is 0.324. The molecule has 0 heterocycles. The second-order valence-electron chi connectivity index (χ2n) is 3.51. The molecule has 2 N–H and O–H groups in total. The average Bonchev–Trinajstić information content (AvgIpc) is 1.64. The normalized spacial score (nSPS) is 14.1. The third-order valence-electron chi connectivity index (χ3n) is 1.99. The summed E-state index contributed by atoms with van der Waals surface area (Å²) in [5.74, 6) is 0.641. The molecule has 0 aliphatic carbocycles. The van der Waals surface area contributed by atoms with Crippen LogP contribution in [0.4, 0.5) is 0 Å². The Morgan fingerprint density at radius 1 is 1.40 bits per heavy atom. The lowest BCUT2D eigenvalue weighted by atomic mass is 9.87. The Balaban J connectivity index is 0. The number of hydrogen-bond acceptors (Lipinski definition) is 1. The van der Waals surface area contributed by atoms with Crippen molar-refractivity contribution in [1.82, 2.24) is 0 Å². The van der Waals surface area contributed by atoms with Gasteiger partial charge in [-0.05, 0) is 26.2 Å². The van der Waals surface area contributed by atoms with Crippen LogP contribution in [0.2, 0.25) is 0 Å². The number of hydrogen-bond donors (Lipinski definition) is 1. The molecule has 1 nitrogen and oxygen atoms in total. The number of halogens is 1. The van der Waals surface area contributed by atoms with Crippen molar-refractivity contribution in [2.24, 2.45) is 11.7 Å². The van der Waals surface area contributed by atoms with Gasteiger partial charge in [-0.3, -0.25) is 0 Å². The molecular weight excluding hydrogens is 146 g/mol. The van der Waals surface area contributed by atoms with E-state index in [9.17, 15) is 0 Å². The van der Waals surface area contributed by atoms with Gasteiger partial charge in [-0.1, -0.05) is 20.3 Å². The zero-order chi connectivity index (χ0) is 7.49. The highest BCUT2D eigenvalue weighted by Crippen LogP contribution is 2.17. The van der Waals surface area contributed by atoms with Crippen LogP contribution in [-0.4, -0.2) is 5.54 Å². The minimum Gasteiger partial charge on any atom is -0.325 e. The predicted molar refractivity (Wildman–Crippen MR) is 49.6 cm³/mol. The molecule has 1 atom stereocenters. The van der Waals surface area contributed by atoms with Crippen LogP contribution in [0.5, 0.6) is 0 Å². The molecule has 10 heavy (non-hydrogen) atoms. The van der Waals surface area contributed by atoms with E-state index in [0.717, 1.165) is 0 Å². The van der Waals surface area contributed by atoms with Crippen LogP contribution in [0.3, 0.4) is 0 Å². The molecule has 0 bridgehead atoms. The molecule has 0 rings (SSSR count). The number of rotatable bonds is 3. The maximum absolute atomic E-state index is 5.87. The maximum atomic E-state index is 5.87. The molecule has 0 aromatic carbocycles. The van der Waals surface area contributed by atoms with E-state index in [4.69, 9.17) is 5.73 Å². The molecule has 0 aliphatic heterocycles. The van der Waals surface area contributed by atoms with Gasteiger partial charge >= 0.3 is 0 Å². The summed E-state index contributed by atoms with van der Waals surface area (Å²) >= 11 is 0. The minimum atomic E-state index is 0. The highest BCUT2D eigenvalue weighted by atomic mass is 35.5. The Morgan fingerprint density at radius 2 is 1.80 bits per heavy atom. The van der Waals surface area contributed by atoms with E-state index in [1.807, 2.05) is 0 Å². The fraction of sp³-hybridized carbons (Fsp3) is 1.00. The van der Waals surface area contributed by atoms with Crippen molar-refractivity contribution in [2.75, 3.05) is 0 Å². The zero-order valence-electron chi connectivity index (χ0n) is 7.48. The van der Waals surface area contributed by atoms with Crippen molar-refractivity contribution < 1.29 is 0 Å². The Bertz CT molecular complexity index is 75.8. The predicted octanol–water partition coefficient (Wildman–Crippen LogP) is 2.58. The highest BCUT2D eigenvalue weighted by Gasteiger charge is 2.18. The van der Waals surface area contributed by atoms with Crippen molar-refractivity contribution >= 4 is 12.4 Å². The summed E-state index contributed by atoms with van der Waals surface area (Å²) in [7, 11) is 0. The quantitative estimate of drug-likeness (QED) is 0.684. The fourth-order valence-electron chi connectivity index (χ4n) is 0.805. The highest BCUT2D eigenvalue weighted by molar-refractivity contribution is 5.85. The van der Waals surface area contributed by atoms with Gasteiger partial charge in [-0.25, -0.2) is 0 Å². The first-order chi connectivity index (χ1) is 3.98. The summed E-state index contributed by atoms with van der Waals surface area (Å²) in [6, 6.07) is 0. The van der Waals surface area contributed by atoms with Crippen LogP contribution in [0.1, 0.15) is 40.5 Å². The molecule has 0 fully saturated rings. The molecule has 0 amide bonds. The molecule has 0 radical (unpaired) electrons. The van der Waals surface area contributed by atoms with E-state index in [1.54, 1.807) is 0 Å². The molecule has 0 saturated heterocycles. The molecule has 0 aromatic rings. The van der Waals surface area contributed by atoms with Gasteiger partial charge in [0.05, 0.1) is 0 Å². The molecule has 64 valence electrons. The van der Waals surface area contributed by atoms with Crippen LogP contribution in [0.25, 0.3) is 0 Å². The van der Waals surface area contributed by atoms with Crippen molar-refractivity contribution in [3.63, 3.8) is 0 Å². The molecule has 1 unspecified atom stereocenters. The van der Waals surface area contributed by atoms with E-state index >= 15 is 0 Å². The van der Waals surface area contributed by atoms with Crippen molar-refractivity contribution in [2.45, 2.75) is 46.1 Å². The Kier molecular flexibility index (Phi) is 6.41. The summed E-state index contributed by atoms with van der Waals surface area (Å²) in [5.41, 5.74) is 5.87. The summed E-state index contributed by atoms with van der Waals surface area (Å²) in [5, 5.41) is 0. The molecule has 0 spiro atoms. The van der Waals surface area contributed by atoms with Crippen molar-refractivity contribution in [3.8, 4) is 0 Å². The second-order valence-corrected chi connectivity index (χ2v) is 3.51. The van der Waals surface area contributed by atoms with E-state index in [1.165, 1.54) is 12.8 Å². The van der Waals surface area contributed by atoms with Crippen molar-refractivity contribution in [1.29, 1.82) is 0 Å². The summed E-state index contributed by atoms with van der Waals surface area (Å²) in [4.78, 5) is 0. The van der Waals surface area contributed by atoms with Crippen LogP contribution < -0.4 is 5.73 Å². The van der Waals surface area contributed by atoms with Crippen LogP contribution in [0.15, 0.2) is 0 Å². The lowest BCUT2D eigenvalue weighted by Crippen LogP contribution is -2.39. The first-order valence-corrected chi connectivity index (χ1v) is 3.77. The Morgan fingerprint density at radius 3 is 1.90 bits per heavy atom. The van der Waals surface area contributed by atoms with Gasteiger partial charge in [-0.2, -0.15) is 0 Å². The standard InChI is InChI=1S/C8H19N.ClH/c1-5-6-7(2)8(3,4)9;/h7H,5-6,9H2,1-4H3;1H. The summed E-state index contributed by atoms with van der Waals surface area (Å²) in [6.45, 7) is 8.59. The van der Waals surface area contributed by atoms with E-state index in [2.05, 4.69) is 27.7 Å². The molecule has 0 aromatic heterocycles. The van der Waals surface area contributed by atoms with Gasteiger partial charge in [0, 0.05) is 5.54 Å². The van der Waals surface area contributed by atoms with Crippen LogP contribution in [-0.2, 0) is 0 Å². The van der Waals surface area contributed by atoms with Gasteiger partial charge in [0.1, 0.15) is 0 Å². The van der Waals surface area contributed by atoms with E-state index in [0.29, 0.717) is 5.92 Å². The van der Waals surface area contributed by atoms with Gasteiger partial charge in [0.2, 0.25) is 0 Å². The SMILES string of the molecule is CCCC(C)C(C)(C)N.Cl. The van der Waals surface area contributed by atoms with Gasteiger partial charge < -0.3 is 5.73 Å². The topological polar surface area (TPSA) is 26.0 Å². The second kappa shape index (κ2) is 4.97. The third-order valence-corrected chi connectivity index (χ3v) is 1.99. The monoisotopic (exact) mass is 165 g/mol. The van der Waals surface area contributed by atoms with Gasteiger partial charge in [0.25, 0.3) is 0 Å². The third kappa shape index (κ3) is 5.07. The first kappa shape index (κ1) is 12.9. The van der Waals surface area contributed by atoms with Crippen LogP contribution >= 0.6 is 12.4 Å². The zero-order valence-corrected chi connectivity index (χ0v) is 8.29. The number of nitrogens with two attached hydrogens (primary N) is 1.